The highest BCUT2D eigenvalue weighted by atomic mass is 32.1. The molecule has 0 aromatic carbocycles. The Kier molecular flexibility index (Phi) is 2.98. The molecule has 3 aromatic rings. The number of hydrogen-bond donors (Lipinski definition) is 1. The number of likely N-dealkylation sites (tertiary alicyclic amines) is 1. The Balaban J connectivity index is 1.84. The van der Waals surface area contributed by atoms with Gasteiger partial charge in [-0.25, -0.2) is 4.98 Å². The number of thiophene rings is 1. The monoisotopic (exact) mass is 306 g/mol. The summed E-state index contributed by atoms with van der Waals surface area (Å²) >= 11 is 3.27. The van der Waals surface area contributed by atoms with Gasteiger partial charge in [0.25, 0.3) is 0 Å². The van der Waals surface area contributed by atoms with Crippen LogP contribution in [0.25, 0.3) is 4.96 Å². The number of fused-ring (bicyclic) bond motifs is 1. The molecule has 1 atom stereocenters. The molecular weight excluding hydrogens is 292 g/mol. The first-order valence-corrected chi connectivity index (χ1v) is 8.33. The van der Waals surface area contributed by atoms with Crippen LogP contribution < -0.4 is 0 Å². The summed E-state index contributed by atoms with van der Waals surface area (Å²) in [5.41, 5.74) is 0. The summed E-state index contributed by atoms with van der Waals surface area (Å²) in [6, 6.07) is 4.34. The van der Waals surface area contributed by atoms with E-state index in [1.807, 2.05) is 0 Å². The van der Waals surface area contributed by atoms with Gasteiger partial charge in [-0.05, 0) is 37.4 Å². The first-order chi connectivity index (χ1) is 9.84. The van der Waals surface area contributed by atoms with Crippen LogP contribution in [0.2, 0.25) is 0 Å². The van der Waals surface area contributed by atoms with Gasteiger partial charge in [-0.1, -0.05) is 17.4 Å². The van der Waals surface area contributed by atoms with Gasteiger partial charge in [0.1, 0.15) is 6.33 Å². The molecule has 3 aromatic heterocycles. The fourth-order valence-electron chi connectivity index (χ4n) is 2.79. The summed E-state index contributed by atoms with van der Waals surface area (Å²) in [6.45, 7) is 2.16. The van der Waals surface area contributed by atoms with E-state index in [1.165, 1.54) is 39.9 Å². The summed E-state index contributed by atoms with van der Waals surface area (Å²) < 4.78 is 1.52. The number of aromatic hydroxyl groups is 1. The second kappa shape index (κ2) is 4.83. The summed E-state index contributed by atoms with van der Waals surface area (Å²) in [5, 5.41) is 16.6. The topological polar surface area (TPSA) is 53.7 Å². The van der Waals surface area contributed by atoms with Crippen molar-refractivity contribution in [3.8, 4) is 5.88 Å². The maximum absolute atomic E-state index is 10.5. The van der Waals surface area contributed by atoms with Crippen LogP contribution in [-0.4, -0.2) is 37.7 Å². The SMILES string of the molecule is Oc1c(C(c2cccs2)N2CCCC2)sc2ncnn12. The first-order valence-electron chi connectivity index (χ1n) is 6.63. The molecular formula is C13H14N4OS2. The number of thiazole rings is 1. The molecule has 1 fully saturated rings. The van der Waals surface area contributed by atoms with Crippen molar-refractivity contribution in [2.24, 2.45) is 0 Å². The van der Waals surface area contributed by atoms with Crippen LogP contribution in [0.15, 0.2) is 23.8 Å². The van der Waals surface area contributed by atoms with Gasteiger partial charge in [0.15, 0.2) is 0 Å². The van der Waals surface area contributed by atoms with Crippen molar-refractivity contribution in [1.29, 1.82) is 0 Å². The second-order valence-electron chi connectivity index (χ2n) is 4.91. The van der Waals surface area contributed by atoms with E-state index in [4.69, 9.17) is 0 Å². The van der Waals surface area contributed by atoms with Crippen molar-refractivity contribution in [3.63, 3.8) is 0 Å². The molecule has 7 heteroatoms. The van der Waals surface area contributed by atoms with Gasteiger partial charge >= 0.3 is 0 Å². The van der Waals surface area contributed by atoms with E-state index in [2.05, 4.69) is 32.5 Å². The molecule has 0 radical (unpaired) electrons. The van der Waals surface area contributed by atoms with Gasteiger partial charge in [0.2, 0.25) is 10.8 Å². The van der Waals surface area contributed by atoms with Crippen molar-refractivity contribution in [2.45, 2.75) is 18.9 Å². The molecule has 104 valence electrons. The Labute approximate surface area is 124 Å². The largest absolute Gasteiger partial charge is 0.492 e. The molecule has 1 aliphatic rings. The molecule has 1 saturated heterocycles. The van der Waals surface area contributed by atoms with Crippen molar-refractivity contribution < 1.29 is 5.11 Å². The number of rotatable bonds is 3. The van der Waals surface area contributed by atoms with Crippen LogP contribution in [0.3, 0.4) is 0 Å². The van der Waals surface area contributed by atoms with E-state index in [0.717, 1.165) is 22.9 Å². The molecule has 4 rings (SSSR count). The van der Waals surface area contributed by atoms with Crippen molar-refractivity contribution in [3.05, 3.63) is 33.6 Å². The summed E-state index contributed by atoms with van der Waals surface area (Å²) in [4.78, 5) is 9.59. The lowest BCUT2D eigenvalue weighted by Gasteiger charge is -2.25. The molecule has 0 amide bonds. The van der Waals surface area contributed by atoms with Gasteiger partial charge in [0, 0.05) is 4.88 Å². The fraction of sp³-hybridized carbons (Fsp3) is 0.385. The van der Waals surface area contributed by atoms with Crippen LogP contribution in [0.4, 0.5) is 0 Å². The Hall–Kier alpha value is -1.44. The summed E-state index contributed by atoms with van der Waals surface area (Å²) in [7, 11) is 0. The van der Waals surface area contributed by atoms with E-state index in [1.54, 1.807) is 11.3 Å². The van der Waals surface area contributed by atoms with Gasteiger partial charge in [-0.15, -0.1) is 11.3 Å². The highest BCUT2D eigenvalue weighted by Gasteiger charge is 2.31. The molecule has 0 aliphatic carbocycles. The summed E-state index contributed by atoms with van der Waals surface area (Å²) in [5.74, 6) is 0.229. The lowest BCUT2D eigenvalue weighted by Crippen LogP contribution is -2.25. The molecule has 4 heterocycles. The van der Waals surface area contributed by atoms with Crippen LogP contribution in [0, 0.1) is 0 Å². The quantitative estimate of drug-likeness (QED) is 0.808. The number of nitrogens with zero attached hydrogens (tertiary/aromatic N) is 4. The minimum atomic E-state index is 0.131. The van der Waals surface area contributed by atoms with Crippen molar-refractivity contribution in [1.82, 2.24) is 19.5 Å². The van der Waals surface area contributed by atoms with Crippen LogP contribution in [-0.2, 0) is 0 Å². The third-order valence-electron chi connectivity index (χ3n) is 3.71. The van der Waals surface area contributed by atoms with Crippen molar-refractivity contribution in [2.75, 3.05) is 13.1 Å². The zero-order chi connectivity index (χ0) is 13.5. The van der Waals surface area contributed by atoms with Gasteiger partial charge in [-0.3, -0.25) is 4.90 Å². The number of aromatic nitrogens is 3. The Morgan fingerprint density at radius 3 is 2.85 bits per heavy atom. The first kappa shape index (κ1) is 12.3. The summed E-state index contributed by atoms with van der Waals surface area (Å²) in [6.07, 6.45) is 3.93. The zero-order valence-electron chi connectivity index (χ0n) is 10.8. The molecule has 0 bridgehead atoms. The maximum atomic E-state index is 10.5. The number of hydrogen-bond acceptors (Lipinski definition) is 6. The predicted molar refractivity (Wildman–Crippen MR) is 79.5 cm³/mol. The Morgan fingerprint density at radius 2 is 2.15 bits per heavy atom. The van der Waals surface area contributed by atoms with E-state index < -0.39 is 0 Å². The fourth-order valence-corrected chi connectivity index (χ4v) is 4.82. The Morgan fingerprint density at radius 1 is 1.30 bits per heavy atom. The zero-order valence-corrected chi connectivity index (χ0v) is 12.4. The van der Waals surface area contributed by atoms with Crippen molar-refractivity contribution >= 4 is 27.6 Å². The average Bonchev–Trinajstić information content (AvgIpc) is 3.20. The van der Waals surface area contributed by atoms with E-state index in [-0.39, 0.29) is 11.9 Å². The van der Waals surface area contributed by atoms with Gasteiger partial charge in [-0.2, -0.15) is 9.61 Å². The maximum Gasteiger partial charge on any atom is 0.230 e. The second-order valence-corrected chi connectivity index (χ2v) is 6.89. The molecule has 5 nitrogen and oxygen atoms in total. The highest BCUT2D eigenvalue weighted by molar-refractivity contribution is 7.17. The molecule has 1 unspecified atom stereocenters. The molecule has 20 heavy (non-hydrogen) atoms. The normalized spacial score (nSPS) is 18.0. The smallest absolute Gasteiger partial charge is 0.230 e. The predicted octanol–water partition coefficient (Wildman–Crippen LogP) is 2.74. The molecule has 1 aliphatic heterocycles. The van der Waals surface area contributed by atoms with E-state index in [9.17, 15) is 5.11 Å². The third kappa shape index (κ3) is 1.85. The molecule has 0 spiro atoms. The Bertz CT molecular complexity index is 712. The van der Waals surface area contributed by atoms with Crippen LogP contribution in [0.5, 0.6) is 5.88 Å². The average molecular weight is 306 g/mol. The molecule has 1 N–H and O–H groups in total. The third-order valence-corrected chi connectivity index (χ3v) is 5.72. The van der Waals surface area contributed by atoms with Gasteiger partial charge < -0.3 is 5.11 Å². The van der Waals surface area contributed by atoms with E-state index in [0.29, 0.717) is 0 Å². The minimum Gasteiger partial charge on any atom is -0.492 e. The lowest BCUT2D eigenvalue weighted by atomic mass is 10.2. The molecule has 0 saturated carbocycles. The minimum absolute atomic E-state index is 0.131. The van der Waals surface area contributed by atoms with Crippen LogP contribution in [0.1, 0.15) is 28.6 Å². The van der Waals surface area contributed by atoms with E-state index >= 15 is 0 Å². The highest BCUT2D eigenvalue weighted by Crippen LogP contribution is 2.42. The lowest BCUT2D eigenvalue weighted by molar-refractivity contribution is 0.280. The van der Waals surface area contributed by atoms with Crippen LogP contribution >= 0.6 is 22.7 Å². The standard InChI is InChI=1S/C13H14N4OS2/c18-12-11(20-13-14-8-15-17(12)13)10(9-4-3-7-19-9)16-5-1-2-6-16/h3-4,7-8,10,18H,1-2,5-6H2. The van der Waals surface area contributed by atoms with Gasteiger partial charge in [0.05, 0.1) is 10.9 Å².